The summed E-state index contributed by atoms with van der Waals surface area (Å²) in [5, 5.41) is 4.95. The van der Waals surface area contributed by atoms with Gasteiger partial charge in [0.15, 0.2) is 11.5 Å². The zero-order valence-corrected chi connectivity index (χ0v) is 15.5. The minimum Gasteiger partial charge on any atom is -0.495 e. The van der Waals surface area contributed by atoms with E-state index in [9.17, 15) is 0 Å². The maximum Gasteiger partial charge on any atom is 0.156 e. The second-order valence-corrected chi connectivity index (χ2v) is 6.50. The summed E-state index contributed by atoms with van der Waals surface area (Å²) in [4.78, 5) is 7.90. The fourth-order valence-corrected chi connectivity index (χ4v) is 3.29. The van der Waals surface area contributed by atoms with Crippen LogP contribution in [0.25, 0.3) is 0 Å². The largest absolute Gasteiger partial charge is 0.495 e. The molecule has 0 N–H and O–H groups in total. The number of nitrogens with zero attached hydrogens (tertiary/aromatic N) is 2. The number of hydrogen-bond acceptors (Lipinski definition) is 5. The van der Waals surface area contributed by atoms with Crippen LogP contribution in [0.4, 0.5) is 0 Å². The Balaban J connectivity index is 1.80. The molecule has 2 aromatic rings. The predicted molar refractivity (Wildman–Crippen MR) is 99.0 cm³/mol. The van der Waals surface area contributed by atoms with E-state index in [0.29, 0.717) is 39.4 Å². The molecule has 0 saturated carbocycles. The summed E-state index contributed by atoms with van der Waals surface area (Å²) in [5.41, 5.74) is 1.13. The van der Waals surface area contributed by atoms with Gasteiger partial charge in [-0.25, -0.2) is 0 Å². The van der Waals surface area contributed by atoms with Gasteiger partial charge in [0.2, 0.25) is 0 Å². The molecular formula is C18H20Cl2N2O3. The van der Waals surface area contributed by atoms with Crippen molar-refractivity contribution in [2.45, 2.75) is 12.8 Å². The van der Waals surface area contributed by atoms with E-state index in [1.807, 2.05) is 0 Å². The summed E-state index contributed by atoms with van der Waals surface area (Å²) >= 11 is 12.7. The van der Waals surface area contributed by atoms with Gasteiger partial charge in [-0.1, -0.05) is 28.4 Å². The Kier molecular flexibility index (Phi) is 6.24. The maximum atomic E-state index is 6.41. The van der Waals surface area contributed by atoms with E-state index in [-0.39, 0.29) is 0 Å². The van der Waals surface area contributed by atoms with E-state index in [2.05, 4.69) is 10.1 Å². The van der Waals surface area contributed by atoms with E-state index in [1.165, 1.54) is 12.8 Å². The average Bonchev–Trinajstić information content (AvgIpc) is 3.32. The molecule has 0 radical (unpaired) electrons. The van der Waals surface area contributed by atoms with Crippen molar-refractivity contribution in [3.63, 3.8) is 0 Å². The molecule has 0 spiro atoms. The third-order valence-electron chi connectivity index (χ3n) is 4.13. The molecule has 1 saturated heterocycles. The third kappa shape index (κ3) is 4.29. The van der Waals surface area contributed by atoms with Crippen LogP contribution in [0.5, 0.6) is 5.75 Å². The summed E-state index contributed by atoms with van der Waals surface area (Å²) in [7, 11) is 1.54. The highest BCUT2D eigenvalue weighted by molar-refractivity contribution is 6.45. The van der Waals surface area contributed by atoms with Crippen LogP contribution in [-0.4, -0.2) is 44.0 Å². The van der Waals surface area contributed by atoms with Crippen LogP contribution in [0.2, 0.25) is 10.0 Å². The summed E-state index contributed by atoms with van der Waals surface area (Å²) in [5.74, 6) is 1.06. The highest BCUT2D eigenvalue weighted by Gasteiger charge is 2.19. The van der Waals surface area contributed by atoms with Gasteiger partial charge < -0.3 is 14.0 Å². The lowest BCUT2D eigenvalue weighted by Gasteiger charge is -2.14. The van der Waals surface area contributed by atoms with Gasteiger partial charge in [-0.2, -0.15) is 0 Å². The number of halogens is 2. The van der Waals surface area contributed by atoms with Crippen molar-refractivity contribution in [3.05, 3.63) is 51.9 Å². The Morgan fingerprint density at radius 3 is 2.68 bits per heavy atom. The maximum absolute atomic E-state index is 6.41. The van der Waals surface area contributed by atoms with Crippen LogP contribution < -0.4 is 4.74 Å². The minimum absolute atomic E-state index is 0.331. The van der Waals surface area contributed by atoms with E-state index in [0.717, 1.165) is 19.6 Å². The topological polar surface area (TPSA) is 47.2 Å². The van der Waals surface area contributed by atoms with Crippen molar-refractivity contribution in [2.75, 3.05) is 33.4 Å². The number of likely N-dealkylation sites (tertiary alicyclic amines) is 1. The first-order chi connectivity index (χ1) is 12.2. The number of methoxy groups -OCH3 is 1. The molecule has 3 rings (SSSR count). The monoisotopic (exact) mass is 382 g/mol. The Bertz CT molecular complexity index is 726. The van der Waals surface area contributed by atoms with Crippen molar-refractivity contribution in [1.29, 1.82) is 0 Å². The first-order valence-electron chi connectivity index (χ1n) is 8.19. The highest BCUT2D eigenvalue weighted by Crippen LogP contribution is 2.35. The molecule has 1 aromatic carbocycles. The molecule has 0 unspecified atom stereocenters. The second-order valence-electron chi connectivity index (χ2n) is 5.74. The van der Waals surface area contributed by atoms with Gasteiger partial charge in [-0.15, -0.1) is 0 Å². The zero-order valence-electron chi connectivity index (χ0n) is 14.0. The average molecular weight is 383 g/mol. The molecule has 0 amide bonds. The Labute approximate surface area is 157 Å². The fraction of sp³-hybridized carbons (Fsp3) is 0.389. The lowest BCUT2D eigenvalue weighted by Crippen LogP contribution is -2.23. The standard InChI is InChI=1S/C18H20Cl2N2O3/c1-23-14-7-6-13(16(19)17(14)20)18(15-5-4-11-24-15)21-25-12-10-22-8-2-3-9-22/h4-7,11H,2-3,8-10,12H2,1H3. The van der Waals surface area contributed by atoms with Gasteiger partial charge in [-0.05, 0) is 50.2 Å². The summed E-state index contributed by atoms with van der Waals surface area (Å²) in [6, 6.07) is 7.12. The van der Waals surface area contributed by atoms with Crippen LogP contribution in [0.15, 0.2) is 40.1 Å². The molecule has 7 heteroatoms. The first-order valence-corrected chi connectivity index (χ1v) is 8.95. The van der Waals surface area contributed by atoms with Gasteiger partial charge in [0, 0.05) is 12.1 Å². The molecule has 0 bridgehead atoms. The van der Waals surface area contributed by atoms with Crippen molar-refractivity contribution in [2.24, 2.45) is 5.16 Å². The number of hydrogen-bond donors (Lipinski definition) is 0. The number of rotatable bonds is 7. The third-order valence-corrected chi connectivity index (χ3v) is 4.99. The smallest absolute Gasteiger partial charge is 0.156 e. The Hall–Kier alpha value is -1.69. The van der Waals surface area contributed by atoms with E-state index in [4.69, 9.17) is 37.2 Å². The zero-order chi connectivity index (χ0) is 17.6. The van der Waals surface area contributed by atoms with Crippen LogP contribution in [0.1, 0.15) is 24.2 Å². The van der Waals surface area contributed by atoms with Crippen LogP contribution >= 0.6 is 23.2 Å². The fourth-order valence-electron chi connectivity index (χ4n) is 2.80. The number of ether oxygens (including phenoxy) is 1. The van der Waals surface area contributed by atoms with Gasteiger partial charge in [0.25, 0.3) is 0 Å². The van der Waals surface area contributed by atoms with Gasteiger partial charge in [0.05, 0.1) is 18.4 Å². The van der Waals surface area contributed by atoms with Crippen molar-refractivity contribution in [3.8, 4) is 5.75 Å². The van der Waals surface area contributed by atoms with E-state index >= 15 is 0 Å². The molecular weight excluding hydrogens is 363 g/mol. The molecule has 1 fully saturated rings. The molecule has 1 aromatic heterocycles. The normalized spacial score (nSPS) is 15.6. The molecule has 25 heavy (non-hydrogen) atoms. The minimum atomic E-state index is 0.331. The van der Waals surface area contributed by atoms with E-state index < -0.39 is 0 Å². The first kappa shape index (κ1) is 18.1. The predicted octanol–water partition coefficient (Wildman–Crippen LogP) is 4.46. The quantitative estimate of drug-likeness (QED) is 0.402. The molecule has 2 heterocycles. The molecule has 0 atom stereocenters. The van der Waals surface area contributed by atoms with Crippen LogP contribution in [0.3, 0.4) is 0 Å². The van der Waals surface area contributed by atoms with Gasteiger partial charge >= 0.3 is 0 Å². The van der Waals surface area contributed by atoms with Gasteiger partial charge in [-0.3, -0.25) is 4.90 Å². The Morgan fingerprint density at radius 2 is 2.00 bits per heavy atom. The number of furan rings is 1. The Morgan fingerprint density at radius 1 is 1.20 bits per heavy atom. The van der Waals surface area contributed by atoms with Crippen LogP contribution in [0, 0.1) is 0 Å². The summed E-state index contributed by atoms with van der Waals surface area (Å²) in [6.07, 6.45) is 4.08. The van der Waals surface area contributed by atoms with Crippen molar-refractivity contribution in [1.82, 2.24) is 4.90 Å². The van der Waals surface area contributed by atoms with E-state index in [1.54, 1.807) is 37.6 Å². The number of oxime groups is 1. The SMILES string of the molecule is COc1ccc(C(=NOCCN2CCCC2)c2ccco2)c(Cl)c1Cl. The lowest BCUT2D eigenvalue weighted by atomic mass is 10.1. The lowest BCUT2D eigenvalue weighted by molar-refractivity contribution is 0.119. The second kappa shape index (κ2) is 8.61. The molecule has 5 nitrogen and oxygen atoms in total. The summed E-state index contributed by atoms with van der Waals surface area (Å²) < 4.78 is 10.7. The molecule has 1 aliphatic rings. The molecule has 0 aliphatic carbocycles. The van der Waals surface area contributed by atoms with Crippen molar-refractivity contribution < 1.29 is 14.0 Å². The van der Waals surface area contributed by atoms with Crippen molar-refractivity contribution >= 4 is 28.9 Å². The highest BCUT2D eigenvalue weighted by atomic mass is 35.5. The molecule has 1 aliphatic heterocycles. The number of benzene rings is 1. The molecule has 134 valence electrons. The van der Waals surface area contributed by atoms with Crippen LogP contribution in [-0.2, 0) is 4.84 Å². The van der Waals surface area contributed by atoms with Gasteiger partial charge in [0.1, 0.15) is 17.4 Å². The summed E-state index contributed by atoms with van der Waals surface area (Å²) in [6.45, 7) is 3.60.